The second kappa shape index (κ2) is 6.39. The third-order valence-corrected chi connectivity index (χ3v) is 3.68. The maximum atomic E-state index is 12.6. The van der Waals surface area contributed by atoms with Crippen molar-refractivity contribution >= 4 is 34.0 Å². The van der Waals surface area contributed by atoms with Crippen LogP contribution >= 0.6 is 11.6 Å². The minimum atomic E-state index is -0.327. The van der Waals surface area contributed by atoms with Gasteiger partial charge in [0.05, 0.1) is 0 Å². The number of halogens is 1. The van der Waals surface area contributed by atoms with Crippen LogP contribution < -0.4 is 5.32 Å². The fraction of sp³-hybridized carbons (Fsp3) is 0. The molecule has 4 nitrogen and oxygen atoms in total. The molecule has 23 heavy (non-hydrogen) atoms. The van der Waals surface area contributed by atoms with E-state index in [1.165, 1.54) is 6.20 Å². The van der Waals surface area contributed by atoms with E-state index in [4.69, 9.17) is 11.6 Å². The number of para-hydroxylation sites is 1. The first-order valence-electron chi connectivity index (χ1n) is 6.92. The van der Waals surface area contributed by atoms with Gasteiger partial charge in [-0.25, -0.2) is 0 Å². The number of nitriles is 1. The van der Waals surface area contributed by atoms with Gasteiger partial charge in [0, 0.05) is 39.6 Å². The molecular formula is C18H12ClN3O. The van der Waals surface area contributed by atoms with Gasteiger partial charge in [0.1, 0.15) is 11.6 Å². The Labute approximate surface area is 138 Å². The predicted molar refractivity (Wildman–Crippen MR) is 91.4 cm³/mol. The van der Waals surface area contributed by atoms with Gasteiger partial charge in [-0.15, -0.1) is 0 Å². The highest BCUT2D eigenvalue weighted by Gasteiger charge is 2.16. The lowest BCUT2D eigenvalue weighted by Gasteiger charge is -2.02. The summed E-state index contributed by atoms with van der Waals surface area (Å²) in [4.78, 5) is 15.6. The van der Waals surface area contributed by atoms with E-state index in [-0.39, 0.29) is 11.4 Å². The number of Topliss-reactive ketones (excluding diaryl/α,β-unsaturated/α-hetero) is 1. The molecule has 0 atom stereocenters. The zero-order valence-corrected chi connectivity index (χ0v) is 12.8. The summed E-state index contributed by atoms with van der Waals surface area (Å²) >= 11 is 5.82. The molecule has 0 aliphatic carbocycles. The Bertz CT molecular complexity index is 933. The predicted octanol–water partition coefficient (Wildman–Crippen LogP) is 4.52. The van der Waals surface area contributed by atoms with E-state index in [1.807, 2.05) is 30.3 Å². The van der Waals surface area contributed by atoms with Crippen molar-refractivity contribution in [2.24, 2.45) is 0 Å². The van der Waals surface area contributed by atoms with Crippen molar-refractivity contribution < 1.29 is 4.79 Å². The van der Waals surface area contributed by atoms with Crippen LogP contribution in [0.1, 0.15) is 10.4 Å². The van der Waals surface area contributed by atoms with E-state index >= 15 is 0 Å². The number of fused-ring (bicyclic) bond motifs is 1. The van der Waals surface area contributed by atoms with Gasteiger partial charge in [-0.2, -0.15) is 5.26 Å². The molecule has 0 saturated heterocycles. The molecule has 0 unspecified atom stereocenters. The molecule has 112 valence electrons. The van der Waals surface area contributed by atoms with E-state index in [9.17, 15) is 10.1 Å². The molecule has 0 aliphatic heterocycles. The fourth-order valence-electron chi connectivity index (χ4n) is 2.25. The van der Waals surface area contributed by atoms with Gasteiger partial charge in [-0.3, -0.25) is 4.79 Å². The molecule has 1 aromatic heterocycles. The van der Waals surface area contributed by atoms with Crippen LogP contribution in [0.5, 0.6) is 0 Å². The van der Waals surface area contributed by atoms with Crippen molar-refractivity contribution in [3.63, 3.8) is 0 Å². The Morgan fingerprint density at radius 3 is 2.65 bits per heavy atom. The second-order valence-electron chi connectivity index (χ2n) is 4.90. The standard InChI is InChI=1S/C18H12ClN3O/c19-13-5-7-14(8-6-13)21-10-12(9-20)18(23)16-11-22-17-4-2-1-3-15(16)17/h1-8,10-11,21-22H/b12-10+. The number of anilines is 1. The Morgan fingerprint density at radius 2 is 1.91 bits per heavy atom. The normalized spacial score (nSPS) is 11.2. The van der Waals surface area contributed by atoms with Crippen molar-refractivity contribution in [1.29, 1.82) is 5.26 Å². The molecule has 5 heteroatoms. The average molecular weight is 322 g/mol. The number of carbonyl (C=O) groups excluding carboxylic acids is 1. The molecule has 1 heterocycles. The van der Waals surface area contributed by atoms with Crippen LogP contribution in [0.25, 0.3) is 10.9 Å². The molecule has 3 aromatic rings. The van der Waals surface area contributed by atoms with E-state index in [0.29, 0.717) is 10.6 Å². The number of nitrogens with one attached hydrogen (secondary N) is 2. The molecule has 0 saturated carbocycles. The molecule has 2 N–H and O–H groups in total. The number of aromatic amines is 1. The zero-order chi connectivity index (χ0) is 16.2. The maximum absolute atomic E-state index is 12.6. The second-order valence-corrected chi connectivity index (χ2v) is 5.33. The third kappa shape index (κ3) is 3.10. The highest BCUT2D eigenvalue weighted by atomic mass is 35.5. The van der Waals surface area contributed by atoms with Gasteiger partial charge in [0.25, 0.3) is 0 Å². The SMILES string of the molecule is N#C/C(=C\Nc1ccc(Cl)cc1)C(=O)c1c[nH]c2ccccc12. The first kappa shape index (κ1) is 14.9. The highest BCUT2D eigenvalue weighted by molar-refractivity contribution is 6.30. The number of aromatic nitrogens is 1. The van der Waals surface area contributed by atoms with E-state index in [1.54, 1.807) is 30.5 Å². The van der Waals surface area contributed by atoms with Gasteiger partial charge >= 0.3 is 0 Å². The van der Waals surface area contributed by atoms with E-state index in [0.717, 1.165) is 16.6 Å². The van der Waals surface area contributed by atoms with Crippen molar-refractivity contribution in [3.05, 3.63) is 77.1 Å². The summed E-state index contributed by atoms with van der Waals surface area (Å²) in [5.41, 5.74) is 2.11. The summed E-state index contributed by atoms with van der Waals surface area (Å²) < 4.78 is 0. The summed E-state index contributed by atoms with van der Waals surface area (Å²) in [6.45, 7) is 0. The van der Waals surface area contributed by atoms with Gasteiger partial charge in [-0.1, -0.05) is 29.8 Å². The quantitative estimate of drug-likeness (QED) is 0.421. The number of hydrogen-bond donors (Lipinski definition) is 2. The van der Waals surface area contributed by atoms with Crippen molar-refractivity contribution in [2.45, 2.75) is 0 Å². The van der Waals surface area contributed by atoms with Gasteiger partial charge in [0.15, 0.2) is 0 Å². The summed E-state index contributed by atoms with van der Waals surface area (Å²) in [5, 5.41) is 13.6. The van der Waals surface area contributed by atoms with Crippen LogP contribution in [0.2, 0.25) is 5.02 Å². The van der Waals surface area contributed by atoms with Crippen LogP contribution in [0.4, 0.5) is 5.69 Å². The fourth-order valence-corrected chi connectivity index (χ4v) is 2.38. The highest BCUT2D eigenvalue weighted by Crippen LogP contribution is 2.21. The Morgan fingerprint density at radius 1 is 1.17 bits per heavy atom. The lowest BCUT2D eigenvalue weighted by Crippen LogP contribution is -2.03. The summed E-state index contributed by atoms with van der Waals surface area (Å²) in [6.07, 6.45) is 3.04. The summed E-state index contributed by atoms with van der Waals surface area (Å²) in [7, 11) is 0. The first-order valence-corrected chi connectivity index (χ1v) is 7.30. The van der Waals surface area contributed by atoms with Crippen molar-refractivity contribution in [1.82, 2.24) is 4.98 Å². The average Bonchev–Trinajstić information content (AvgIpc) is 3.01. The van der Waals surface area contributed by atoms with Crippen LogP contribution in [0.3, 0.4) is 0 Å². The van der Waals surface area contributed by atoms with Gasteiger partial charge < -0.3 is 10.3 Å². The van der Waals surface area contributed by atoms with Crippen LogP contribution in [-0.2, 0) is 0 Å². The minimum absolute atomic E-state index is 0.0321. The molecule has 0 aliphatic rings. The number of ketones is 1. The number of H-pyrrole nitrogens is 1. The lowest BCUT2D eigenvalue weighted by atomic mass is 10.0. The molecule has 0 spiro atoms. The van der Waals surface area contributed by atoms with Crippen molar-refractivity contribution in [2.75, 3.05) is 5.32 Å². The summed E-state index contributed by atoms with van der Waals surface area (Å²) in [5.74, 6) is -0.327. The van der Waals surface area contributed by atoms with Gasteiger partial charge in [-0.05, 0) is 30.3 Å². The Balaban J connectivity index is 1.88. The van der Waals surface area contributed by atoms with Crippen LogP contribution in [0.15, 0.2) is 66.5 Å². The number of carbonyl (C=O) groups is 1. The van der Waals surface area contributed by atoms with E-state index < -0.39 is 0 Å². The number of rotatable bonds is 4. The molecule has 0 amide bonds. The monoisotopic (exact) mass is 321 g/mol. The van der Waals surface area contributed by atoms with Crippen molar-refractivity contribution in [3.8, 4) is 6.07 Å². The molecule has 0 fully saturated rings. The molecule has 0 bridgehead atoms. The third-order valence-electron chi connectivity index (χ3n) is 3.43. The molecule has 3 rings (SSSR count). The Kier molecular flexibility index (Phi) is 4.13. The van der Waals surface area contributed by atoms with Crippen LogP contribution in [-0.4, -0.2) is 10.8 Å². The molecule has 2 aromatic carbocycles. The number of benzene rings is 2. The Hall–Kier alpha value is -3.03. The largest absolute Gasteiger partial charge is 0.360 e. The smallest absolute Gasteiger partial charge is 0.207 e. The number of allylic oxidation sites excluding steroid dienone is 1. The van der Waals surface area contributed by atoms with Crippen LogP contribution in [0, 0.1) is 11.3 Å². The summed E-state index contributed by atoms with van der Waals surface area (Å²) in [6, 6.07) is 16.4. The zero-order valence-electron chi connectivity index (χ0n) is 12.0. The van der Waals surface area contributed by atoms with Gasteiger partial charge in [0.2, 0.25) is 5.78 Å². The van der Waals surface area contributed by atoms with E-state index in [2.05, 4.69) is 10.3 Å². The molecular weight excluding hydrogens is 310 g/mol. The lowest BCUT2D eigenvalue weighted by molar-refractivity contribution is 0.104. The first-order chi connectivity index (χ1) is 11.2. The topological polar surface area (TPSA) is 68.7 Å². The molecule has 0 radical (unpaired) electrons. The minimum Gasteiger partial charge on any atom is -0.360 e. The maximum Gasteiger partial charge on any atom is 0.207 e. The number of hydrogen-bond acceptors (Lipinski definition) is 3. The number of nitrogens with zero attached hydrogens (tertiary/aromatic N) is 1.